The Hall–Kier alpha value is -3.50. The number of nitrogens with zero attached hydrogens (tertiary/aromatic N) is 1. The molecule has 0 N–H and O–H groups in total. The first kappa shape index (κ1) is 24.8. The number of benzene rings is 2. The summed E-state index contributed by atoms with van der Waals surface area (Å²) in [5.41, 5.74) is 1.15. The molecule has 8 heteroatoms. The van der Waals surface area contributed by atoms with Crippen LogP contribution in [0.4, 0.5) is 0 Å². The lowest BCUT2D eigenvalue weighted by molar-refractivity contribution is -0.141. The second-order valence-electron chi connectivity index (χ2n) is 6.62. The van der Waals surface area contributed by atoms with Crippen LogP contribution in [0.1, 0.15) is 31.9 Å². The van der Waals surface area contributed by atoms with Crippen molar-refractivity contribution in [3.8, 4) is 23.3 Å². The molecule has 1 atom stereocenters. The van der Waals surface area contributed by atoms with Crippen molar-refractivity contribution in [1.82, 2.24) is 0 Å². The van der Waals surface area contributed by atoms with E-state index in [0.717, 1.165) is 5.56 Å². The van der Waals surface area contributed by atoms with Crippen molar-refractivity contribution >= 4 is 29.6 Å². The topological polar surface area (TPSA) is 94.9 Å². The van der Waals surface area contributed by atoms with Crippen LogP contribution in [0, 0.1) is 18.3 Å². The van der Waals surface area contributed by atoms with Gasteiger partial charge in [0.05, 0.1) is 13.2 Å². The number of halogens is 1. The van der Waals surface area contributed by atoms with Crippen LogP contribution in [0.2, 0.25) is 5.02 Å². The van der Waals surface area contributed by atoms with Crippen molar-refractivity contribution < 1.29 is 28.5 Å². The van der Waals surface area contributed by atoms with Gasteiger partial charge in [-0.05, 0) is 75.2 Å². The fourth-order valence-corrected chi connectivity index (χ4v) is 2.88. The predicted molar refractivity (Wildman–Crippen MR) is 120 cm³/mol. The highest BCUT2D eigenvalue weighted by Gasteiger charge is 2.20. The van der Waals surface area contributed by atoms with Crippen LogP contribution in [0.15, 0.2) is 42.0 Å². The molecule has 32 heavy (non-hydrogen) atoms. The van der Waals surface area contributed by atoms with Crippen LogP contribution in [0.3, 0.4) is 0 Å². The van der Waals surface area contributed by atoms with Gasteiger partial charge in [0, 0.05) is 5.02 Å². The average molecular weight is 458 g/mol. The lowest BCUT2D eigenvalue weighted by Gasteiger charge is -2.17. The largest absolute Gasteiger partial charge is 0.490 e. The number of nitriles is 1. The summed E-state index contributed by atoms with van der Waals surface area (Å²) >= 11 is 5.95. The van der Waals surface area contributed by atoms with Gasteiger partial charge in [0.2, 0.25) is 0 Å². The first-order chi connectivity index (χ1) is 15.3. The van der Waals surface area contributed by atoms with E-state index in [-0.39, 0.29) is 23.7 Å². The maximum atomic E-state index is 12.6. The van der Waals surface area contributed by atoms with E-state index in [9.17, 15) is 14.9 Å². The molecule has 0 heterocycles. The van der Waals surface area contributed by atoms with Crippen LogP contribution in [0.25, 0.3) is 6.08 Å². The molecule has 0 radical (unpaired) electrons. The molecule has 0 aromatic heterocycles. The molecule has 0 spiro atoms. The van der Waals surface area contributed by atoms with Crippen molar-refractivity contribution in [2.75, 3.05) is 13.2 Å². The van der Waals surface area contributed by atoms with Crippen LogP contribution < -0.4 is 14.2 Å². The van der Waals surface area contributed by atoms with Crippen LogP contribution in [-0.4, -0.2) is 31.3 Å². The summed E-state index contributed by atoms with van der Waals surface area (Å²) in [5.74, 6) is -0.343. The second-order valence-corrected chi connectivity index (χ2v) is 7.06. The zero-order chi connectivity index (χ0) is 23.7. The molecule has 2 aromatic rings. The van der Waals surface area contributed by atoms with Gasteiger partial charge in [0.25, 0.3) is 0 Å². The molecule has 1 unspecified atom stereocenters. The second kappa shape index (κ2) is 11.8. The fraction of sp³-hybridized carbons (Fsp3) is 0.292. The summed E-state index contributed by atoms with van der Waals surface area (Å²) in [4.78, 5) is 24.4. The van der Waals surface area contributed by atoms with Gasteiger partial charge in [-0.2, -0.15) is 5.26 Å². The number of aryl methyl sites for hydroxylation is 1. The molecule has 0 aliphatic heterocycles. The number of hydrogen-bond donors (Lipinski definition) is 0. The third-order valence-electron chi connectivity index (χ3n) is 4.18. The Bertz CT molecular complexity index is 1060. The third kappa shape index (κ3) is 6.76. The molecule has 7 nitrogen and oxygen atoms in total. The van der Waals surface area contributed by atoms with Crippen molar-refractivity contribution in [3.63, 3.8) is 0 Å². The minimum absolute atomic E-state index is 0.153. The van der Waals surface area contributed by atoms with Gasteiger partial charge in [-0.1, -0.05) is 17.7 Å². The Morgan fingerprint density at radius 1 is 1.09 bits per heavy atom. The summed E-state index contributed by atoms with van der Waals surface area (Å²) in [6.07, 6.45) is 0.485. The first-order valence-electron chi connectivity index (χ1n) is 9.99. The van der Waals surface area contributed by atoms with Crippen molar-refractivity contribution in [1.29, 1.82) is 5.26 Å². The minimum atomic E-state index is -0.891. The average Bonchev–Trinajstić information content (AvgIpc) is 2.75. The Morgan fingerprint density at radius 2 is 1.81 bits per heavy atom. The molecule has 2 rings (SSSR count). The van der Waals surface area contributed by atoms with E-state index >= 15 is 0 Å². The Labute approximate surface area is 192 Å². The molecule has 0 amide bonds. The Morgan fingerprint density at radius 3 is 2.44 bits per heavy atom. The van der Waals surface area contributed by atoms with E-state index in [1.165, 1.54) is 12.1 Å². The van der Waals surface area contributed by atoms with Gasteiger partial charge < -0.3 is 18.9 Å². The molecule has 0 saturated carbocycles. The molecule has 0 aliphatic rings. The zero-order valence-electron chi connectivity index (χ0n) is 18.3. The fourth-order valence-electron chi connectivity index (χ4n) is 2.65. The van der Waals surface area contributed by atoms with Gasteiger partial charge in [-0.3, -0.25) is 0 Å². The molecule has 2 aromatic carbocycles. The number of esters is 2. The molecular formula is C24H24ClNO6. The monoisotopic (exact) mass is 457 g/mol. The SMILES string of the molecule is CCOC(=O)/C(C#N)=C/c1ccc(OC(=O)C(C)Oc2ccc(Cl)cc2C)c(OCC)c1. The molecular weight excluding hydrogens is 434 g/mol. The predicted octanol–water partition coefficient (Wildman–Crippen LogP) is 4.89. The van der Waals surface area contributed by atoms with E-state index in [1.54, 1.807) is 51.1 Å². The third-order valence-corrected chi connectivity index (χ3v) is 4.41. The van der Waals surface area contributed by atoms with E-state index in [2.05, 4.69) is 0 Å². The molecule has 0 aliphatic carbocycles. The zero-order valence-corrected chi connectivity index (χ0v) is 19.1. The standard InChI is InChI=1S/C24H24ClNO6/c1-5-29-22-13-17(12-18(14-26)24(28)30-6-2)7-9-21(22)32-23(27)16(4)31-20-10-8-19(25)11-15(20)3/h7-13,16H,5-6H2,1-4H3/b18-12+. The number of ether oxygens (including phenoxy) is 4. The van der Waals surface area contributed by atoms with Crippen LogP contribution in [0.5, 0.6) is 17.2 Å². The van der Waals surface area contributed by atoms with Gasteiger partial charge in [-0.25, -0.2) is 9.59 Å². The Kier molecular flexibility index (Phi) is 9.11. The lowest BCUT2D eigenvalue weighted by atomic mass is 10.1. The molecule has 0 bridgehead atoms. The van der Waals surface area contributed by atoms with Gasteiger partial charge in [0.1, 0.15) is 17.4 Å². The number of rotatable bonds is 9. The smallest absolute Gasteiger partial charge is 0.352 e. The van der Waals surface area contributed by atoms with E-state index < -0.39 is 18.0 Å². The Balaban J connectivity index is 2.20. The molecule has 168 valence electrons. The summed E-state index contributed by atoms with van der Waals surface area (Å²) in [6, 6.07) is 11.6. The number of hydrogen-bond acceptors (Lipinski definition) is 7. The number of carbonyl (C=O) groups is 2. The maximum Gasteiger partial charge on any atom is 0.352 e. The van der Waals surface area contributed by atoms with Crippen molar-refractivity contribution in [2.45, 2.75) is 33.8 Å². The maximum absolute atomic E-state index is 12.6. The summed E-state index contributed by atoms with van der Waals surface area (Å²) < 4.78 is 21.6. The highest BCUT2D eigenvalue weighted by Crippen LogP contribution is 2.30. The van der Waals surface area contributed by atoms with Crippen molar-refractivity contribution in [3.05, 3.63) is 58.1 Å². The van der Waals surface area contributed by atoms with E-state index in [1.807, 2.05) is 13.0 Å². The lowest BCUT2D eigenvalue weighted by Crippen LogP contribution is -2.28. The highest BCUT2D eigenvalue weighted by molar-refractivity contribution is 6.30. The normalized spacial score (nSPS) is 11.8. The summed E-state index contributed by atoms with van der Waals surface area (Å²) in [7, 11) is 0. The molecule has 0 fully saturated rings. The van der Waals surface area contributed by atoms with Crippen molar-refractivity contribution in [2.24, 2.45) is 0 Å². The minimum Gasteiger partial charge on any atom is -0.490 e. The first-order valence-corrected chi connectivity index (χ1v) is 10.4. The van der Waals surface area contributed by atoms with E-state index in [0.29, 0.717) is 22.9 Å². The highest BCUT2D eigenvalue weighted by atomic mass is 35.5. The van der Waals surface area contributed by atoms with Crippen LogP contribution in [-0.2, 0) is 14.3 Å². The molecule has 0 saturated heterocycles. The summed E-state index contributed by atoms with van der Waals surface area (Å²) in [6.45, 7) is 7.31. The van der Waals surface area contributed by atoms with Gasteiger partial charge in [0.15, 0.2) is 17.6 Å². The summed E-state index contributed by atoms with van der Waals surface area (Å²) in [5, 5.41) is 9.78. The van der Waals surface area contributed by atoms with Gasteiger partial charge >= 0.3 is 11.9 Å². The van der Waals surface area contributed by atoms with Crippen LogP contribution >= 0.6 is 11.6 Å². The van der Waals surface area contributed by atoms with Gasteiger partial charge in [-0.15, -0.1) is 0 Å². The quantitative estimate of drug-likeness (QED) is 0.229. The number of carbonyl (C=O) groups excluding carboxylic acids is 2. The van der Waals surface area contributed by atoms with E-state index in [4.69, 9.17) is 30.5 Å².